The molecule has 18 heavy (non-hydrogen) atoms. The third kappa shape index (κ3) is 13.3. The number of carbonyl (C=O) groups is 1. The number of rotatable bonds is 7. The van der Waals surface area contributed by atoms with E-state index in [-0.39, 0.29) is 36.0 Å². The summed E-state index contributed by atoms with van der Waals surface area (Å²) in [4.78, 5) is 15.2. The van der Waals surface area contributed by atoms with E-state index < -0.39 is 0 Å². The van der Waals surface area contributed by atoms with E-state index in [1.165, 1.54) is 0 Å². The Bertz CT molecular complexity index is 291. The van der Waals surface area contributed by atoms with Crippen LogP contribution in [0.3, 0.4) is 0 Å². The van der Waals surface area contributed by atoms with Crippen molar-refractivity contribution in [2.24, 2.45) is 10.7 Å². The molecule has 0 aromatic carbocycles. The molecule has 0 amide bonds. The van der Waals surface area contributed by atoms with Crippen LogP contribution in [0.25, 0.3) is 0 Å². The van der Waals surface area contributed by atoms with Gasteiger partial charge in [0.15, 0.2) is 5.96 Å². The highest BCUT2D eigenvalue weighted by Crippen LogP contribution is 1.96. The van der Waals surface area contributed by atoms with Crippen LogP contribution in [0, 0.1) is 0 Å². The number of aliphatic imine (C=N–C) groups is 1. The van der Waals surface area contributed by atoms with Gasteiger partial charge in [-0.25, -0.2) is 4.99 Å². The summed E-state index contributed by atoms with van der Waals surface area (Å²) in [6.07, 6.45) is 1.01. The number of nitrogens with two attached hydrogens (primary N) is 1. The lowest BCUT2D eigenvalue weighted by Crippen LogP contribution is -2.32. The highest BCUT2D eigenvalue weighted by Gasteiger charge is 2.04. The van der Waals surface area contributed by atoms with Crippen molar-refractivity contribution in [2.75, 3.05) is 13.1 Å². The Morgan fingerprint density at radius 2 is 2.11 bits per heavy atom. The van der Waals surface area contributed by atoms with Crippen molar-refractivity contribution in [3.8, 4) is 0 Å². The first-order valence-electron chi connectivity index (χ1n) is 5.79. The third-order valence-corrected chi connectivity index (χ3v) is 1.75. The lowest BCUT2D eigenvalue weighted by molar-refractivity contribution is -0.147. The molecular formula is C12H24IN3O2. The first-order chi connectivity index (χ1) is 7.91. The van der Waals surface area contributed by atoms with E-state index >= 15 is 0 Å². The molecule has 0 aliphatic carbocycles. The van der Waals surface area contributed by atoms with Crippen molar-refractivity contribution < 1.29 is 9.53 Å². The molecule has 0 radical (unpaired) electrons. The molecule has 0 aliphatic heterocycles. The third-order valence-electron chi connectivity index (χ3n) is 1.75. The Morgan fingerprint density at radius 3 is 2.61 bits per heavy atom. The lowest BCUT2D eigenvalue weighted by atomic mass is 10.3. The average molecular weight is 369 g/mol. The summed E-state index contributed by atoms with van der Waals surface area (Å²) in [7, 11) is 0. The predicted octanol–water partition coefficient (Wildman–Crippen LogP) is 1.82. The van der Waals surface area contributed by atoms with Gasteiger partial charge in [0, 0.05) is 13.0 Å². The average Bonchev–Trinajstić information content (AvgIpc) is 2.20. The summed E-state index contributed by atoms with van der Waals surface area (Å²) in [6, 6.07) is 0. The largest absolute Gasteiger partial charge is 0.463 e. The van der Waals surface area contributed by atoms with E-state index in [1.54, 1.807) is 0 Å². The maximum Gasteiger partial charge on any atom is 0.306 e. The summed E-state index contributed by atoms with van der Waals surface area (Å²) in [6.45, 7) is 10.4. The van der Waals surface area contributed by atoms with Gasteiger partial charge in [-0.3, -0.25) is 4.79 Å². The molecule has 106 valence electrons. The topological polar surface area (TPSA) is 76.7 Å². The molecule has 6 heteroatoms. The van der Waals surface area contributed by atoms with Crippen LogP contribution < -0.4 is 11.1 Å². The first-order valence-corrected chi connectivity index (χ1v) is 5.79. The molecule has 0 aliphatic rings. The number of nitrogens with zero attached hydrogens (tertiary/aromatic N) is 1. The van der Waals surface area contributed by atoms with Gasteiger partial charge in [0.1, 0.15) is 0 Å². The van der Waals surface area contributed by atoms with Gasteiger partial charge in [-0.05, 0) is 27.2 Å². The standard InChI is InChI=1S/C12H23N3O2.HI/c1-9(2)8-15-12(13)14-7-5-6-11(16)17-10(3)4;/h10H,1,5-8H2,2-4H3,(H3,13,14,15);1H. The molecule has 0 heterocycles. The van der Waals surface area contributed by atoms with Crippen LogP contribution in [0.15, 0.2) is 17.1 Å². The Morgan fingerprint density at radius 1 is 1.50 bits per heavy atom. The van der Waals surface area contributed by atoms with Crippen molar-refractivity contribution in [1.29, 1.82) is 0 Å². The van der Waals surface area contributed by atoms with Gasteiger partial charge in [0.25, 0.3) is 0 Å². The second kappa shape index (κ2) is 11.3. The Labute approximate surface area is 126 Å². The van der Waals surface area contributed by atoms with Crippen molar-refractivity contribution in [2.45, 2.75) is 39.7 Å². The number of hydrogen-bond acceptors (Lipinski definition) is 3. The summed E-state index contributed by atoms with van der Waals surface area (Å²) in [5.74, 6) is 0.199. The summed E-state index contributed by atoms with van der Waals surface area (Å²) in [5.41, 5.74) is 6.56. The number of nitrogens with one attached hydrogen (secondary N) is 1. The minimum atomic E-state index is -0.181. The molecule has 0 saturated heterocycles. The lowest BCUT2D eigenvalue weighted by Gasteiger charge is -2.08. The SMILES string of the molecule is C=C(C)CN=C(N)NCCCC(=O)OC(C)C.I. The second-order valence-electron chi connectivity index (χ2n) is 4.23. The fourth-order valence-electron chi connectivity index (χ4n) is 1.05. The molecule has 0 spiro atoms. The molecule has 0 aromatic rings. The van der Waals surface area contributed by atoms with Gasteiger partial charge >= 0.3 is 5.97 Å². The van der Waals surface area contributed by atoms with Gasteiger partial charge < -0.3 is 15.8 Å². The zero-order valence-electron chi connectivity index (χ0n) is 11.4. The second-order valence-corrected chi connectivity index (χ2v) is 4.23. The zero-order valence-corrected chi connectivity index (χ0v) is 13.7. The van der Waals surface area contributed by atoms with Crippen molar-refractivity contribution >= 4 is 35.9 Å². The zero-order chi connectivity index (χ0) is 13.3. The van der Waals surface area contributed by atoms with Crippen LogP contribution >= 0.6 is 24.0 Å². The predicted molar refractivity (Wildman–Crippen MR) is 85.2 cm³/mol. The number of carbonyl (C=O) groups excluding carboxylic acids is 1. The van der Waals surface area contributed by atoms with Crippen LogP contribution in [0.1, 0.15) is 33.6 Å². The fourth-order valence-corrected chi connectivity index (χ4v) is 1.05. The first kappa shape index (κ1) is 19.5. The number of guanidine groups is 1. The molecule has 0 saturated carbocycles. The molecule has 0 unspecified atom stereocenters. The number of hydrogen-bond donors (Lipinski definition) is 2. The summed E-state index contributed by atoms with van der Waals surface area (Å²) in [5, 5.41) is 2.93. The number of halogens is 1. The highest BCUT2D eigenvalue weighted by atomic mass is 127. The van der Waals surface area contributed by atoms with Gasteiger partial charge in [0.05, 0.1) is 12.6 Å². The van der Waals surface area contributed by atoms with Gasteiger partial charge in [0.2, 0.25) is 0 Å². The van der Waals surface area contributed by atoms with Crippen LogP contribution in [0.4, 0.5) is 0 Å². The van der Waals surface area contributed by atoms with Crippen LogP contribution in [0.5, 0.6) is 0 Å². The van der Waals surface area contributed by atoms with Gasteiger partial charge in [-0.2, -0.15) is 0 Å². The van der Waals surface area contributed by atoms with E-state index in [4.69, 9.17) is 10.5 Å². The van der Waals surface area contributed by atoms with Crippen LogP contribution in [-0.2, 0) is 9.53 Å². The molecule has 0 atom stereocenters. The molecule has 3 N–H and O–H groups in total. The van der Waals surface area contributed by atoms with E-state index in [9.17, 15) is 4.79 Å². The van der Waals surface area contributed by atoms with Crippen molar-refractivity contribution in [3.05, 3.63) is 12.2 Å². The Balaban J connectivity index is 0. The minimum absolute atomic E-state index is 0. The maximum absolute atomic E-state index is 11.2. The molecule has 5 nitrogen and oxygen atoms in total. The molecule has 0 rings (SSSR count). The molecule has 0 bridgehead atoms. The molecular weight excluding hydrogens is 345 g/mol. The van der Waals surface area contributed by atoms with E-state index in [2.05, 4.69) is 16.9 Å². The smallest absolute Gasteiger partial charge is 0.306 e. The Hall–Kier alpha value is -0.790. The Kier molecular flexibility index (Phi) is 12.3. The van der Waals surface area contributed by atoms with E-state index in [0.29, 0.717) is 31.9 Å². The van der Waals surface area contributed by atoms with Crippen LogP contribution in [-0.4, -0.2) is 31.1 Å². The van der Waals surface area contributed by atoms with E-state index in [1.807, 2.05) is 20.8 Å². The molecule has 0 fully saturated rings. The van der Waals surface area contributed by atoms with Crippen molar-refractivity contribution in [3.63, 3.8) is 0 Å². The highest BCUT2D eigenvalue weighted by molar-refractivity contribution is 14.0. The monoisotopic (exact) mass is 369 g/mol. The van der Waals surface area contributed by atoms with Crippen molar-refractivity contribution in [1.82, 2.24) is 5.32 Å². The normalized spacial score (nSPS) is 10.8. The summed E-state index contributed by atoms with van der Waals surface area (Å²) >= 11 is 0. The number of ether oxygens (including phenoxy) is 1. The quantitative estimate of drug-likeness (QED) is 0.179. The fraction of sp³-hybridized carbons (Fsp3) is 0.667. The molecule has 0 aromatic heterocycles. The van der Waals surface area contributed by atoms with E-state index in [0.717, 1.165) is 5.57 Å². The summed E-state index contributed by atoms with van der Waals surface area (Å²) < 4.78 is 5.00. The van der Waals surface area contributed by atoms with Gasteiger partial charge in [-0.15, -0.1) is 24.0 Å². The van der Waals surface area contributed by atoms with Crippen LogP contribution in [0.2, 0.25) is 0 Å². The van der Waals surface area contributed by atoms with Gasteiger partial charge in [-0.1, -0.05) is 12.2 Å². The maximum atomic E-state index is 11.2. The minimum Gasteiger partial charge on any atom is -0.463 e. The number of esters is 1.